The van der Waals surface area contributed by atoms with E-state index in [2.05, 4.69) is 21.2 Å². The number of rotatable bonds is 2. The predicted octanol–water partition coefficient (Wildman–Crippen LogP) is 4.66. The monoisotopic (exact) mass is 323 g/mol. The largest absolute Gasteiger partial charge is 0.322 e. The van der Waals surface area contributed by atoms with Crippen molar-refractivity contribution in [3.63, 3.8) is 0 Å². The second-order valence-electron chi connectivity index (χ2n) is 3.88. The molecule has 0 bridgehead atoms. The minimum absolute atomic E-state index is 0.159. The van der Waals surface area contributed by atoms with Crippen molar-refractivity contribution >= 4 is 39.1 Å². The zero-order chi connectivity index (χ0) is 13.1. The van der Waals surface area contributed by atoms with Crippen molar-refractivity contribution in [1.29, 1.82) is 0 Å². The van der Waals surface area contributed by atoms with Crippen molar-refractivity contribution in [1.82, 2.24) is 0 Å². The zero-order valence-electron chi connectivity index (χ0n) is 9.71. The summed E-state index contributed by atoms with van der Waals surface area (Å²) < 4.78 is 0.920. The number of halogens is 2. The Labute approximate surface area is 119 Å². The molecule has 0 aliphatic rings. The number of hydrogen-bond acceptors (Lipinski definition) is 1. The molecule has 4 heteroatoms. The summed E-state index contributed by atoms with van der Waals surface area (Å²) in [4.78, 5) is 12.1. The molecule has 0 unspecified atom stereocenters. The fourth-order valence-corrected chi connectivity index (χ4v) is 2.19. The molecule has 0 saturated carbocycles. The molecule has 92 valence electrons. The van der Waals surface area contributed by atoms with Gasteiger partial charge in [-0.3, -0.25) is 4.79 Å². The molecular weight excluding hydrogens is 314 g/mol. The van der Waals surface area contributed by atoms with Crippen LogP contribution in [0.25, 0.3) is 0 Å². The van der Waals surface area contributed by atoms with Crippen LogP contribution in [0.15, 0.2) is 46.9 Å². The van der Waals surface area contributed by atoms with E-state index in [0.717, 1.165) is 15.7 Å². The van der Waals surface area contributed by atoms with Gasteiger partial charge in [-0.1, -0.05) is 39.7 Å². The Morgan fingerprint density at radius 2 is 1.94 bits per heavy atom. The van der Waals surface area contributed by atoms with Gasteiger partial charge in [0.1, 0.15) is 0 Å². The van der Waals surface area contributed by atoms with Gasteiger partial charge in [-0.05, 0) is 42.8 Å². The molecule has 0 saturated heterocycles. The van der Waals surface area contributed by atoms with Crippen molar-refractivity contribution < 1.29 is 4.79 Å². The number of anilines is 1. The van der Waals surface area contributed by atoms with Gasteiger partial charge in [-0.15, -0.1) is 0 Å². The van der Waals surface area contributed by atoms with Crippen LogP contribution in [0, 0.1) is 6.92 Å². The van der Waals surface area contributed by atoms with Crippen LogP contribution >= 0.6 is 27.5 Å². The molecule has 0 aliphatic carbocycles. The number of amides is 1. The second-order valence-corrected chi connectivity index (χ2v) is 5.20. The molecule has 2 rings (SSSR count). The van der Waals surface area contributed by atoms with Crippen LogP contribution in [0.1, 0.15) is 15.9 Å². The van der Waals surface area contributed by atoms with E-state index >= 15 is 0 Å². The van der Waals surface area contributed by atoms with E-state index in [1.807, 2.05) is 31.2 Å². The standard InChI is InChI=1S/C14H11BrClNO/c1-9-12(6-3-7-13(9)16)14(18)17-11-5-2-4-10(15)8-11/h2-8H,1H3,(H,17,18). The van der Waals surface area contributed by atoms with Crippen LogP contribution < -0.4 is 5.32 Å². The van der Waals surface area contributed by atoms with Gasteiger partial charge in [0.2, 0.25) is 0 Å². The van der Waals surface area contributed by atoms with Crippen LogP contribution in [-0.2, 0) is 0 Å². The van der Waals surface area contributed by atoms with Gasteiger partial charge in [-0.25, -0.2) is 0 Å². The van der Waals surface area contributed by atoms with Gasteiger partial charge in [0.15, 0.2) is 0 Å². The summed E-state index contributed by atoms with van der Waals surface area (Å²) in [5, 5.41) is 3.43. The van der Waals surface area contributed by atoms with E-state index in [9.17, 15) is 4.79 Å². The first-order valence-electron chi connectivity index (χ1n) is 5.40. The van der Waals surface area contributed by atoms with Crippen molar-refractivity contribution in [3.8, 4) is 0 Å². The van der Waals surface area contributed by atoms with Gasteiger partial charge < -0.3 is 5.32 Å². The van der Waals surface area contributed by atoms with Crippen LogP contribution in [0.2, 0.25) is 5.02 Å². The summed E-state index contributed by atoms with van der Waals surface area (Å²) in [6, 6.07) is 12.7. The van der Waals surface area contributed by atoms with E-state index in [0.29, 0.717) is 10.6 Å². The molecule has 1 N–H and O–H groups in total. The molecule has 0 heterocycles. The maximum absolute atomic E-state index is 12.1. The van der Waals surface area contributed by atoms with Gasteiger partial charge in [-0.2, -0.15) is 0 Å². The molecule has 2 nitrogen and oxygen atoms in total. The number of carbonyl (C=O) groups is 1. The Kier molecular flexibility index (Phi) is 4.04. The topological polar surface area (TPSA) is 29.1 Å². The molecule has 0 atom stereocenters. The van der Waals surface area contributed by atoms with E-state index in [4.69, 9.17) is 11.6 Å². The lowest BCUT2D eigenvalue weighted by Gasteiger charge is -2.08. The van der Waals surface area contributed by atoms with E-state index in [1.165, 1.54) is 0 Å². The minimum Gasteiger partial charge on any atom is -0.322 e. The Morgan fingerprint density at radius 1 is 1.22 bits per heavy atom. The summed E-state index contributed by atoms with van der Waals surface area (Å²) in [5.41, 5.74) is 2.11. The Balaban J connectivity index is 2.25. The summed E-state index contributed by atoms with van der Waals surface area (Å²) in [6.45, 7) is 1.83. The normalized spacial score (nSPS) is 10.2. The van der Waals surface area contributed by atoms with E-state index in [-0.39, 0.29) is 5.91 Å². The number of nitrogens with one attached hydrogen (secondary N) is 1. The van der Waals surface area contributed by atoms with Gasteiger partial charge >= 0.3 is 0 Å². The summed E-state index contributed by atoms with van der Waals surface area (Å²) in [7, 11) is 0. The Morgan fingerprint density at radius 3 is 2.67 bits per heavy atom. The van der Waals surface area contributed by atoms with Crippen LogP contribution in [0.4, 0.5) is 5.69 Å². The number of benzene rings is 2. The minimum atomic E-state index is -0.159. The third kappa shape index (κ3) is 2.92. The fourth-order valence-electron chi connectivity index (χ4n) is 1.62. The third-order valence-corrected chi connectivity index (χ3v) is 3.50. The number of carbonyl (C=O) groups excluding carboxylic acids is 1. The number of hydrogen-bond donors (Lipinski definition) is 1. The lowest BCUT2D eigenvalue weighted by molar-refractivity contribution is 0.102. The highest BCUT2D eigenvalue weighted by atomic mass is 79.9. The molecule has 18 heavy (non-hydrogen) atoms. The highest BCUT2D eigenvalue weighted by molar-refractivity contribution is 9.10. The van der Waals surface area contributed by atoms with Gasteiger partial charge in [0, 0.05) is 20.7 Å². The van der Waals surface area contributed by atoms with Crippen molar-refractivity contribution in [2.75, 3.05) is 5.32 Å². The molecule has 2 aromatic carbocycles. The molecule has 2 aromatic rings. The first-order chi connectivity index (χ1) is 8.58. The van der Waals surface area contributed by atoms with Crippen LogP contribution in [0.5, 0.6) is 0 Å². The predicted molar refractivity (Wildman–Crippen MR) is 78.3 cm³/mol. The fraction of sp³-hybridized carbons (Fsp3) is 0.0714. The van der Waals surface area contributed by atoms with Crippen LogP contribution in [0.3, 0.4) is 0 Å². The second kappa shape index (κ2) is 5.55. The quantitative estimate of drug-likeness (QED) is 0.855. The highest BCUT2D eigenvalue weighted by Gasteiger charge is 2.10. The Hall–Kier alpha value is -1.32. The smallest absolute Gasteiger partial charge is 0.255 e. The van der Waals surface area contributed by atoms with Gasteiger partial charge in [0.25, 0.3) is 5.91 Å². The van der Waals surface area contributed by atoms with E-state index in [1.54, 1.807) is 18.2 Å². The average molecular weight is 325 g/mol. The van der Waals surface area contributed by atoms with Crippen molar-refractivity contribution in [3.05, 3.63) is 63.1 Å². The Bertz CT molecular complexity index is 598. The van der Waals surface area contributed by atoms with Crippen LogP contribution in [-0.4, -0.2) is 5.91 Å². The molecule has 0 aromatic heterocycles. The lowest BCUT2D eigenvalue weighted by Crippen LogP contribution is -2.13. The summed E-state index contributed by atoms with van der Waals surface area (Å²) in [6.07, 6.45) is 0. The van der Waals surface area contributed by atoms with Crippen molar-refractivity contribution in [2.24, 2.45) is 0 Å². The van der Waals surface area contributed by atoms with E-state index < -0.39 is 0 Å². The van der Waals surface area contributed by atoms with Crippen molar-refractivity contribution in [2.45, 2.75) is 6.92 Å². The summed E-state index contributed by atoms with van der Waals surface area (Å²) in [5.74, 6) is -0.159. The first-order valence-corrected chi connectivity index (χ1v) is 6.57. The molecule has 0 spiro atoms. The maximum atomic E-state index is 12.1. The maximum Gasteiger partial charge on any atom is 0.255 e. The average Bonchev–Trinajstić information content (AvgIpc) is 2.32. The SMILES string of the molecule is Cc1c(Cl)cccc1C(=O)Nc1cccc(Br)c1. The highest BCUT2D eigenvalue weighted by Crippen LogP contribution is 2.21. The lowest BCUT2D eigenvalue weighted by atomic mass is 10.1. The molecule has 1 amide bonds. The summed E-state index contributed by atoms with van der Waals surface area (Å²) >= 11 is 9.36. The van der Waals surface area contributed by atoms with Gasteiger partial charge in [0.05, 0.1) is 0 Å². The molecule has 0 aliphatic heterocycles. The molecular formula is C14H11BrClNO. The third-order valence-electron chi connectivity index (χ3n) is 2.59. The molecule has 0 fully saturated rings. The zero-order valence-corrected chi connectivity index (χ0v) is 12.0. The molecule has 0 radical (unpaired) electrons. The first kappa shape index (κ1) is 13.1.